The van der Waals surface area contributed by atoms with Crippen molar-refractivity contribution in [2.45, 2.75) is 26.4 Å². The van der Waals surface area contributed by atoms with Crippen molar-refractivity contribution in [2.24, 2.45) is 0 Å². The highest BCUT2D eigenvalue weighted by Gasteiger charge is 2.10. The fourth-order valence-electron chi connectivity index (χ4n) is 1.29. The number of hydrogen-bond acceptors (Lipinski definition) is 2. The largest absolute Gasteiger partial charge is 0.481 e. The number of rotatable bonds is 4. The third-order valence-electron chi connectivity index (χ3n) is 2.14. The van der Waals surface area contributed by atoms with E-state index in [4.69, 9.17) is 4.74 Å². The Morgan fingerprint density at radius 3 is 2.80 bits per heavy atom. The lowest BCUT2D eigenvalue weighted by Crippen LogP contribution is -2.02. The van der Waals surface area contributed by atoms with Crippen LogP contribution in [0.3, 0.4) is 0 Å². The maximum absolute atomic E-state index is 9.75. The third kappa shape index (κ3) is 3.30. The number of ether oxygens (including phenoxy) is 1. The predicted octanol–water partition coefficient (Wildman–Crippen LogP) is 2.53. The molecule has 1 rings (SSSR count). The van der Waals surface area contributed by atoms with Crippen LogP contribution in [0.25, 0.3) is 0 Å². The average molecular weight is 204 g/mol. The van der Waals surface area contributed by atoms with Gasteiger partial charge in [0.05, 0.1) is 6.10 Å². The molecule has 0 aliphatic rings. The minimum absolute atomic E-state index is 0.365. The standard InChI is InChI=1S/C13H16O2/c1-3-5-10-15-13-9-7-6-8-11(13)12(14)4-2/h6-9,12,14H,4,10H2,1-2H3/t12-/m1/s1. The molecule has 0 bridgehead atoms. The molecule has 0 spiro atoms. The molecule has 0 radical (unpaired) electrons. The summed E-state index contributed by atoms with van der Waals surface area (Å²) >= 11 is 0. The van der Waals surface area contributed by atoms with Crippen LogP contribution >= 0.6 is 0 Å². The summed E-state index contributed by atoms with van der Waals surface area (Å²) in [5.74, 6) is 6.31. The molecule has 1 aromatic carbocycles. The minimum Gasteiger partial charge on any atom is -0.481 e. The van der Waals surface area contributed by atoms with Gasteiger partial charge < -0.3 is 9.84 Å². The summed E-state index contributed by atoms with van der Waals surface area (Å²) in [6.07, 6.45) is 0.218. The van der Waals surface area contributed by atoms with E-state index in [-0.39, 0.29) is 0 Å². The molecule has 0 aliphatic heterocycles. The van der Waals surface area contributed by atoms with E-state index in [1.165, 1.54) is 0 Å². The number of aliphatic hydroxyl groups is 1. The van der Waals surface area contributed by atoms with Crippen molar-refractivity contribution in [2.75, 3.05) is 6.61 Å². The minimum atomic E-state index is -0.462. The normalized spacial score (nSPS) is 11.4. The molecular weight excluding hydrogens is 188 g/mol. The smallest absolute Gasteiger partial charge is 0.149 e. The molecule has 1 aromatic rings. The maximum atomic E-state index is 9.75. The first-order valence-corrected chi connectivity index (χ1v) is 5.09. The van der Waals surface area contributed by atoms with Gasteiger partial charge in [0.25, 0.3) is 0 Å². The van der Waals surface area contributed by atoms with Gasteiger partial charge in [-0.3, -0.25) is 0 Å². The Labute approximate surface area is 90.9 Å². The topological polar surface area (TPSA) is 29.5 Å². The van der Waals surface area contributed by atoms with Crippen LogP contribution in [0, 0.1) is 11.8 Å². The van der Waals surface area contributed by atoms with Gasteiger partial charge in [-0.25, -0.2) is 0 Å². The highest BCUT2D eigenvalue weighted by atomic mass is 16.5. The van der Waals surface area contributed by atoms with Crippen molar-refractivity contribution in [1.82, 2.24) is 0 Å². The van der Waals surface area contributed by atoms with E-state index in [2.05, 4.69) is 11.8 Å². The van der Waals surface area contributed by atoms with Crippen molar-refractivity contribution in [3.8, 4) is 17.6 Å². The highest BCUT2D eigenvalue weighted by Crippen LogP contribution is 2.26. The number of benzene rings is 1. The van der Waals surface area contributed by atoms with Crippen LogP contribution in [0.1, 0.15) is 31.9 Å². The van der Waals surface area contributed by atoms with Crippen molar-refractivity contribution in [1.29, 1.82) is 0 Å². The molecule has 0 heterocycles. The molecule has 0 saturated carbocycles. The van der Waals surface area contributed by atoms with Crippen LogP contribution in [-0.2, 0) is 0 Å². The average Bonchev–Trinajstić information content (AvgIpc) is 2.29. The zero-order valence-corrected chi connectivity index (χ0v) is 9.16. The third-order valence-corrected chi connectivity index (χ3v) is 2.14. The quantitative estimate of drug-likeness (QED) is 0.764. The van der Waals surface area contributed by atoms with E-state index in [0.717, 1.165) is 11.3 Å². The molecule has 0 amide bonds. The van der Waals surface area contributed by atoms with Crippen LogP contribution in [0.15, 0.2) is 24.3 Å². The lowest BCUT2D eigenvalue weighted by molar-refractivity contribution is 0.168. The molecule has 15 heavy (non-hydrogen) atoms. The summed E-state index contributed by atoms with van der Waals surface area (Å²) in [6.45, 7) is 4.08. The summed E-state index contributed by atoms with van der Waals surface area (Å²) in [6, 6.07) is 7.52. The Kier molecular flexibility index (Phi) is 4.73. The second kappa shape index (κ2) is 6.10. The molecule has 0 saturated heterocycles. The van der Waals surface area contributed by atoms with Crippen molar-refractivity contribution in [3.05, 3.63) is 29.8 Å². The SMILES string of the molecule is CC#CCOc1ccccc1[C@H](O)CC. The second-order valence-electron chi connectivity index (χ2n) is 3.18. The molecular formula is C13H16O2. The van der Waals surface area contributed by atoms with Crippen LogP contribution in [0.2, 0.25) is 0 Å². The van der Waals surface area contributed by atoms with Crippen molar-refractivity contribution in [3.63, 3.8) is 0 Å². The summed E-state index contributed by atoms with van der Waals surface area (Å²) in [4.78, 5) is 0. The number of hydrogen-bond donors (Lipinski definition) is 1. The molecule has 1 N–H and O–H groups in total. The Bertz CT molecular complexity index is 360. The molecule has 0 fully saturated rings. The van der Waals surface area contributed by atoms with Gasteiger partial charge in [0.1, 0.15) is 12.4 Å². The van der Waals surface area contributed by atoms with Gasteiger partial charge >= 0.3 is 0 Å². The van der Waals surface area contributed by atoms with Crippen LogP contribution in [0.4, 0.5) is 0 Å². The monoisotopic (exact) mass is 204 g/mol. The Morgan fingerprint density at radius 1 is 1.40 bits per heavy atom. The summed E-state index contributed by atoms with van der Waals surface area (Å²) < 4.78 is 5.47. The highest BCUT2D eigenvalue weighted by molar-refractivity contribution is 5.35. The van der Waals surface area contributed by atoms with Gasteiger partial charge in [-0.15, -0.1) is 5.92 Å². The van der Waals surface area contributed by atoms with Crippen molar-refractivity contribution < 1.29 is 9.84 Å². The number of para-hydroxylation sites is 1. The zero-order chi connectivity index (χ0) is 11.1. The summed E-state index contributed by atoms with van der Waals surface area (Å²) in [5, 5.41) is 9.75. The van der Waals surface area contributed by atoms with E-state index >= 15 is 0 Å². The molecule has 0 aromatic heterocycles. The lowest BCUT2D eigenvalue weighted by Gasteiger charge is -2.13. The van der Waals surface area contributed by atoms with Gasteiger partial charge in [-0.2, -0.15) is 0 Å². The van der Waals surface area contributed by atoms with E-state index in [1.807, 2.05) is 31.2 Å². The van der Waals surface area contributed by atoms with Gasteiger partial charge in [0.15, 0.2) is 0 Å². The van der Waals surface area contributed by atoms with Crippen LogP contribution in [-0.4, -0.2) is 11.7 Å². The molecule has 1 atom stereocenters. The Balaban J connectivity index is 2.79. The predicted molar refractivity (Wildman–Crippen MR) is 60.6 cm³/mol. The van der Waals surface area contributed by atoms with E-state index < -0.39 is 6.10 Å². The second-order valence-corrected chi connectivity index (χ2v) is 3.18. The molecule has 2 nitrogen and oxygen atoms in total. The van der Waals surface area contributed by atoms with E-state index in [0.29, 0.717) is 13.0 Å². The van der Waals surface area contributed by atoms with E-state index in [1.54, 1.807) is 6.92 Å². The maximum Gasteiger partial charge on any atom is 0.149 e. The summed E-state index contributed by atoms with van der Waals surface area (Å²) in [7, 11) is 0. The molecule has 80 valence electrons. The first-order chi connectivity index (χ1) is 7.29. The van der Waals surface area contributed by atoms with E-state index in [9.17, 15) is 5.11 Å². The fourth-order valence-corrected chi connectivity index (χ4v) is 1.29. The van der Waals surface area contributed by atoms with Crippen LogP contribution in [0.5, 0.6) is 5.75 Å². The Hall–Kier alpha value is -1.46. The first kappa shape index (κ1) is 11.6. The number of aliphatic hydroxyl groups excluding tert-OH is 1. The Morgan fingerprint density at radius 2 is 2.13 bits per heavy atom. The van der Waals surface area contributed by atoms with Gasteiger partial charge in [0, 0.05) is 5.56 Å². The summed E-state index contributed by atoms with van der Waals surface area (Å²) in [5.41, 5.74) is 0.831. The van der Waals surface area contributed by atoms with Crippen molar-refractivity contribution >= 4 is 0 Å². The van der Waals surface area contributed by atoms with Gasteiger partial charge in [-0.05, 0) is 19.4 Å². The zero-order valence-electron chi connectivity index (χ0n) is 9.16. The molecule has 0 unspecified atom stereocenters. The molecule has 2 heteroatoms. The first-order valence-electron chi connectivity index (χ1n) is 5.09. The molecule has 0 aliphatic carbocycles. The fraction of sp³-hybridized carbons (Fsp3) is 0.385. The lowest BCUT2D eigenvalue weighted by atomic mass is 10.1. The van der Waals surface area contributed by atoms with Gasteiger partial charge in [-0.1, -0.05) is 31.0 Å². The van der Waals surface area contributed by atoms with Crippen LogP contribution < -0.4 is 4.74 Å². The van der Waals surface area contributed by atoms with Gasteiger partial charge in [0.2, 0.25) is 0 Å².